The van der Waals surface area contributed by atoms with Crippen LogP contribution in [0, 0.1) is 6.92 Å². The number of nitrogen functional groups attached to an aromatic ring is 1. The highest BCUT2D eigenvalue weighted by Gasteiger charge is 2.25. The minimum Gasteiger partial charge on any atom is -0.493 e. The number of methoxy groups -OCH3 is 2. The number of nitrogens with zero attached hydrogens (tertiary/aromatic N) is 4. The third-order valence-electron chi connectivity index (χ3n) is 6.75. The number of carbonyl (C=O) groups is 1. The van der Waals surface area contributed by atoms with Gasteiger partial charge in [-0.05, 0) is 42.3 Å². The van der Waals surface area contributed by atoms with E-state index >= 15 is 0 Å². The molecule has 1 aliphatic rings. The number of hydrogen-bond donors (Lipinski definition) is 1. The number of aromatic nitrogens is 2. The SMILES string of the molecule is COc1cc2nc(N3CCN(C(=O)c4ccc(OCc5ccccc5)cc4C)CC3)nc(N)c2cc1OC. The fraction of sp³-hybridized carbons (Fsp3) is 0.276. The Bertz CT molecular complexity index is 1450. The molecule has 0 aliphatic carbocycles. The van der Waals surface area contributed by atoms with E-state index in [-0.39, 0.29) is 5.91 Å². The second kappa shape index (κ2) is 10.8. The van der Waals surface area contributed by atoms with Gasteiger partial charge in [0.2, 0.25) is 5.95 Å². The van der Waals surface area contributed by atoms with Crippen molar-refractivity contribution in [2.24, 2.45) is 0 Å². The molecule has 1 fully saturated rings. The highest BCUT2D eigenvalue weighted by molar-refractivity contribution is 5.96. The van der Waals surface area contributed by atoms with E-state index in [0.29, 0.717) is 72.5 Å². The van der Waals surface area contributed by atoms with Gasteiger partial charge in [-0.15, -0.1) is 0 Å². The molecular weight excluding hydrogens is 482 g/mol. The molecule has 1 aromatic heterocycles. The lowest BCUT2D eigenvalue weighted by molar-refractivity contribution is 0.0745. The number of fused-ring (bicyclic) bond motifs is 1. The number of hydrogen-bond acceptors (Lipinski definition) is 8. The zero-order valence-electron chi connectivity index (χ0n) is 21.8. The molecule has 9 nitrogen and oxygen atoms in total. The molecule has 1 aliphatic heterocycles. The number of benzene rings is 3. The molecule has 1 saturated heterocycles. The van der Waals surface area contributed by atoms with Gasteiger partial charge in [0.1, 0.15) is 18.2 Å². The maximum Gasteiger partial charge on any atom is 0.254 e. The summed E-state index contributed by atoms with van der Waals surface area (Å²) in [6.07, 6.45) is 0. The third kappa shape index (κ3) is 5.13. The number of carbonyl (C=O) groups excluding carboxylic acids is 1. The van der Waals surface area contributed by atoms with Gasteiger partial charge >= 0.3 is 0 Å². The minimum atomic E-state index is 0.00698. The van der Waals surface area contributed by atoms with Gasteiger partial charge in [-0.1, -0.05) is 30.3 Å². The van der Waals surface area contributed by atoms with Crippen LogP contribution in [0.25, 0.3) is 10.9 Å². The molecule has 0 unspecified atom stereocenters. The van der Waals surface area contributed by atoms with Crippen LogP contribution in [0.5, 0.6) is 17.2 Å². The molecule has 5 rings (SSSR count). The van der Waals surface area contributed by atoms with Gasteiger partial charge in [-0.3, -0.25) is 4.79 Å². The monoisotopic (exact) mass is 513 g/mol. The Morgan fingerprint density at radius 2 is 1.63 bits per heavy atom. The van der Waals surface area contributed by atoms with Crippen molar-refractivity contribution in [2.45, 2.75) is 13.5 Å². The van der Waals surface area contributed by atoms with Crippen molar-refractivity contribution in [3.05, 3.63) is 77.4 Å². The first-order valence-electron chi connectivity index (χ1n) is 12.5. The summed E-state index contributed by atoms with van der Waals surface area (Å²) in [4.78, 5) is 26.5. The van der Waals surface area contributed by atoms with Crippen LogP contribution in [0.4, 0.5) is 11.8 Å². The number of anilines is 2. The van der Waals surface area contributed by atoms with Crippen molar-refractivity contribution in [3.63, 3.8) is 0 Å². The van der Waals surface area contributed by atoms with Crippen LogP contribution >= 0.6 is 0 Å². The molecule has 0 atom stereocenters. The summed E-state index contributed by atoms with van der Waals surface area (Å²) in [6.45, 7) is 4.73. The van der Waals surface area contributed by atoms with Gasteiger partial charge in [0, 0.05) is 43.2 Å². The van der Waals surface area contributed by atoms with E-state index in [0.717, 1.165) is 16.9 Å². The Morgan fingerprint density at radius 3 is 2.32 bits per heavy atom. The molecule has 9 heteroatoms. The van der Waals surface area contributed by atoms with Crippen molar-refractivity contribution in [1.82, 2.24) is 14.9 Å². The molecule has 0 saturated carbocycles. The number of amides is 1. The Labute approximate surface area is 221 Å². The van der Waals surface area contributed by atoms with Crippen molar-refractivity contribution in [3.8, 4) is 17.2 Å². The van der Waals surface area contributed by atoms with Gasteiger partial charge in [-0.2, -0.15) is 4.98 Å². The summed E-state index contributed by atoms with van der Waals surface area (Å²) < 4.78 is 16.7. The Hall–Kier alpha value is -4.53. The molecule has 4 aromatic rings. The summed E-state index contributed by atoms with van der Waals surface area (Å²) in [7, 11) is 3.16. The smallest absolute Gasteiger partial charge is 0.254 e. The third-order valence-corrected chi connectivity index (χ3v) is 6.75. The summed E-state index contributed by atoms with van der Waals surface area (Å²) in [5.41, 5.74) is 9.60. The minimum absolute atomic E-state index is 0.00698. The van der Waals surface area contributed by atoms with Crippen molar-refractivity contribution >= 4 is 28.6 Å². The van der Waals surface area contributed by atoms with Gasteiger partial charge in [0.05, 0.1) is 19.7 Å². The molecule has 0 radical (unpaired) electrons. The van der Waals surface area contributed by atoms with E-state index in [1.165, 1.54) is 0 Å². The molecule has 3 aromatic carbocycles. The van der Waals surface area contributed by atoms with E-state index in [4.69, 9.17) is 24.9 Å². The second-order valence-corrected chi connectivity index (χ2v) is 9.16. The molecule has 0 bridgehead atoms. The van der Waals surface area contributed by atoms with Gasteiger partial charge in [0.15, 0.2) is 11.5 Å². The maximum absolute atomic E-state index is 13.3. The lowest BCUT2D eigenvalue weighted by atomic mass is 10.1. The molecule has 1 amide bonds. The van der Waals surface area contributed by atoms with Gasteiger partial charge in [-0.25, -0.2) is 4.98 Å². The van der Waals surface area contributed by atoms with E-state index in [1.54, 1.807) is 26.4 Å². The molecule has 0 spiro atoms. The topological polar surface area (TPSA) is 103 Å². The van der Waals surface area contributed by atoms with Crippen LogP contribution in [-0.2, 0) is 6.61 Å². The van der Waals surface area contributed by atoms with Crippen LogP contribution in [-0.4, -0.2) is 61.2 Å². The Morgan fingerprint density at radius 1 is 0.921 bits per heavy atom. The van der Waals surface area contributed by atoms with Crippen LogP contribution in [0.3, 0.4) is 0 Å². The zero-order valence-corrected chi connectivity index (χ0v) is 21.8. The highest BCUT2D eigenvalue weighted by atomic mass is 16.5. The summed E-state index contributed by atoms with van der Waals surface area (Å²) in [5.74, 6) is 2.80. The molecule has 38 heavy (non-hydrogen) atoms. The van der Waals surface area contributed by atoms with E-state index in [1.807, 2.05) is 65.3 Å². The quantitative estimate of drug-likeness (QED) is 0.394. The van der Waals surface area contributed by atoms with Crippen molar-refractivity contribution < 1.29 is 19.0 Å². The largest absolute Gasteiger partial charge is 0.493 e. The van der Waals surface area contributed by atoms with E-state index in [9.17, 15) is 4.79 Å². The fourth-order valence-electron chi connectivity index (χ4n) is 4.59. The summed E-state index contributed by atoms with van der Waals surface area (Å²) >= 11 is 0. The maximum atomic E-state index is 13.3. The Kier molecular flexibility index (Phi) is 7.17. The first kappa shape index (κ1) is 25.1. The molecule has 2 heterocycles. The first-order valence-corrected chi connectivity index (χ1v) is 12.5. The second-order valence-electron chi connectivity index (χ2n) is 9.16. The summed E-state index contributed by atoms with van der Waals surface area (Å²) in [6, 6.07) is 19.2. The van der Waals surface area contributed by atoms with Gasteiger partial charge in [0.25, 0.3) is 5.91 Å². The Balaban J connectivity index is 1.25. The number of aryl methyl sites for hydroxylation is 1. The first-order chi connectivity index (χ1) is 18.5. The number of piperazine rings is 1. The van der Waals surface area contributed by atoms with E-state index < -0.39 is 0 Å². The standard InChI is InChI=1S/C29H31N5O4/c1-19-15-21(38-18-20-7-5-4-6-8-20)9-10-22(19)28(35)33-11-13-34(14-12-33)29-31-24-17-26(37-3)25(36-2)16-23(24)27(30)32-29/h4-10,15-17H,11-14,18H2,1-3H3,(H2,30,31,32). The average Bonchev–Trinajstić information content (AvgIpc) is 2.95. The van der Waals surface area contributed by atoms with Crippen LogP contribution in [0.1, 0.15) is 21.5 Å². The van der Waals surface area contributed by atoms with E-state index in [2.05, 4.69) is 4.98 Å². The van der Waals surface area contributed by atoms with Crippen LogP contribution < -0.4 is 24.8 Å². The van der Waals surface area contributed by atoms with Crippen molar-refractivity contribution in [2.75, 3.05) is 51.0 Å². The van der Waals surface area contributed by atoms with Crippen LogP contribution in [0.2, 0.25) is 0 Å². The predicted molar refractivity (Wildman–Crippen MR) is 147 cm³/mol. The number of ether oxygens (including phenoxy) is 3. The highest BCUT2D eigenvalue weighted by Crippen LogP contribution is 2.34. The molecule has 196 valence electrons. The molecular formula is C29H31N5O4. The van der Waals surface area contributed by atoms with Gasteiger partial charge < -0.3 is 29.7 Å². The normalized spacial score (nSPS) is 13.4. The number of nitrogens with two attached hydrogens (primary N) is 1. The number of rotatable bonds is 7. The molecule has 2 N–H and O–H groups in total. The lowest BCUT2D eigenvalue weighted by Gasteiger charge is -2.35. The predicted octanol–water partition coefficient (Wildman–Crippen LogP) is 4.08. The fourth-order valence-corrected chi connectivity index (χ4v) is 4.59. The van der Waals surface area contributed by atoms with Crippen LogP contribution in [0.15, 0.2) is 60.7 Å². The summed E-state index contributed by atoms with van der Waals surface area (Å²) in [5, 5.41) is 0.701. The van der Waals surface area contributed by atoms with Crippen molar-refractivity contribution in [1.29, 1.82) is 0 Å². The average molecular weight is 514 g/mol. The zero-order chi connectivity index (χ0) is 26.6. The lowest BCUT2D eigenvalue weighted by Crippen LogP contribution is -2.49.